The quantitative estimate of drug-likeness (QED) is 0.796. The number of amides is 1. The van der Waals surface area contributed by atoms with Crippen LogP contribution in [0.3, 0.4) is 0 Å². The highest BCUT2D eigenvalue weighted by molar-refractivity contribution is 7.89. The van der Waals surface area contributed by atoms with E-state index < -0.39 is 15.9 Å². The van der Waals surface area contributed by atoms with E-state index >= 15 is 0 Å². The number of anilines is 1. The van der Waals surface area contributed by atoms with Crippen molar-refractivity contribution in [2.45, 2.75) is 50.5 Å². The average Bonchev–Trinajstić information content (AvgIpc) is 3.10. The second-order valence-electron chi connectivity index (χ2n) is 6.86. The number of nitrogens with one attached hydrogen (secondary N) is 1. The van der Waals surface area contributed by atoms with Gasteiger partial charge in [0.05, 0.1) is 10.5 Å². The van der Waals surface area contributed by atoms with Crippen molar-refractivity contribution in [1.82, 2.24) is 4.31 Å². The lowest BCUT2D eigenvalue weighted by molar-refractivity contribution is 0.102. The molecule has 1 aliphatic heterocycles. The van der Waals surface area contributed by atoms with E-state index in [-0.39, 0.29) is 16.5 Å². The number of nitrogens with zero attached hydrogens (tertiary/aromatic N) is 2. The first-order valence-electron chi connectivity index (χ1n) is 9.33. The zero-order valence-corrected chi connectivity index (χ0v) is 17.6. The van der Waals surface area contributed by atoms with Crippen molar-refractivity contribution in [1.29, 1.82) is 5.26 Å². The Hall–Kier alpha value is -2.21. The number of piperidine rings is 1. The summed E-state index contributed by atoms with van der Waals surface area (Å²) in [5.74, 6) is -0.426. The maximum Gasteiger partial charge on any atom is 0.256 e. The summed E-state index contributed by atoms with van der Waals surface area (Å²) in [7, 11) is -3.65. The number of benzene rings is 1. The van der Waals surface area contributed by atoms with E-state index in [2.05, 4.69) is 11.4 Å². The second-order valence-corrected chi connectivity index (χ2v) is 9.89. The molecule has 2 heterocycles. The van der Waals surface area contributed by atoms with Gasteiger partial charge in [-0.15, -0.1) is 11.3 Å². The van der Waals surface area contributed by atoms with Gasteiger partial charge in [-0.05, 0) is 50.5 Å². The summed E-state index contributed by atoms with van der Waals surface area (Å²) in [6.07, 6.45) is 3.49. The summed E-state index contributed by atoms with van der Waals surface area (Å²) in [5.41, 5.74) is 0.669. The van der Waals surface area contributed by atoms with E-state index in [4.69, 9.17) is 0 Å². The molecule has 1 aromatic carbocycles. The zero-order valence-electron chi connectivity index (χ0n) is 15.9. The SMILES string of the molecule is CCc1cc(C#N)c(NC(=O)c2cccc(S(=O)(=O)N3CCCCC3C)c2)s1. The number of nitriles is 1. The van der Waals surface area contributed by atoms with Crippen LogP contribution in [0.5, 0.6) is 0 Å². The molecular weight excluding hydrogens is 394 g/mol. The maximum atomic E-state index is 13.0. The van der Waals surface area contributed by atoms with E-state index in [9.17, 15) is 18.5 Å². The lowest BCUT2D eigenvalue weighted by atomic mass is 10.1. The van der Waals surface area contributed by atoms with Crippen molar-refractivity contribution < 1.29 is 13.2 Å². The van der Waals surface area contributed by atoms with Gasteiger partial charge in [0.25, 0.3) is 5.91 Å². The number of rotatable bonds is 5. The fraction of sp³-hybridized carbons (Fsp3) is 0.400. The third-order valence-electron chi connectivity index (χ3n) is 4.92. The number of sulfonamides is 1. The Morgan fingerprint density at radius 2 is 2.14 bits per heavy atom. The number of thiophene rings is 1. The molecule has 1 fully saturated rings. The number of carbonyl (C=O) groups excluding carboxylic acids is 1. The predicted molar refractivity (Wildman–Crippen MR) is 110 cm³/mol. The summed E-state index contributed by atoms with van der Waals surface area (Å²) in [5, 5.41) is 12.5. The molecule has 1 atom stereocenters. The molecule has 0 spiro atoms. The van der Waals surface area contributed by atoms with Gasteiger partial charge in [-0.2, -0.15) is 9.57 Å². The van der Waals surface area contributed by atoms with Crippen LogP contribution in [0.15, 0.2) is 35.2 Å². The molecule has 3 rings (SSSR count). The topological polar surface area (TPSA) is 90.3 Å². The van der Waals surface area contributed by atoms with Crippen LogP contribution < -0.4 is 5.32 Å². The largest absolute Gasteiger partial charge is 0.312 e. The summed E-state index contributed by atoms with van der Waals surface area (Å²) in [6.45, 7) is 4.40. The van der Waals surface area contributed by atoms with Crippen molar-refractivity contribution in [2.75, 3.05) is 11.9 Å². The number of hydrogen-bond acceptors (Lipinski definition) is 5. The molecule has 8 heteroatoms. The molecule has 2 aromatic rings. The highest BCUT2D eigenvalue weighted by Gasteiger charge is 2.31. The van der Waals surface area contributed by atoms with Crippen molar-refractivity contribution in [3.05, 3.63) is 46.3 Å². The Morgan fingerprint density at radius 1 is 1.36 bits per heavy atom. The standard InChI is InChI=1S/C20H23N3O3S2/c1-3-17-11-16(13-21)20(27-17)22-19(24)15-8-6-9-18(12-15)28(25,26)23-10-5-4-7-14(23)2/h6,8-9,11-12,14H,3-5,7,10H2,1-2H3,(H,22,24). The molecule has 1 N–H and O–H groups in total. The summed E-state index contributed by atoms with van der Waals surface area (Å²) >= 11 is 1.36. The van der Waals surface area contributed by atoms with Crippen LogP contribution in [0.25, 0.3) is 0 Å². The first kappa shape index (κ1) is 20.5. The van der Waals surface area contributed by atoms with Gasteiger partial charge < -0.3 is 5.32 Å². The van der Waals surface area contributed by atoms with Crippen LogP contribution in [0.2, 0.25) is 0 Å². The Morgan fingerprint density at radius 3 is 2.82 bits per heavy atom. The minimum atomic E-state index is -3.65. The molecule has 1 unspecified atom stereocenters. The monoisotopic (exact) mass is 417 g/mol. The van der Waals surface area contributed by atoms with Crippen molar-refractivity contribution in [2.24, 2.45) is 0 Å². The van der Waals surface area contributed by atoms with E-state index in [0.29, 0.717) is 17.1 Å². The van der Waals surface area contributed by atoms with Crippen LogP contribution in [0.1, 0.15) is 53.9 Å². The minimum Gasteiger partial charge on any atom is -0.312 e. The molecule has 1 amide bonds. The third-order valence-corrected chi connectivity index (χ3v) is 8.13. The molecule has 0 aliphatic carbocycles. The van der Waals surface area contributed by atoms with Gasteiger partial charge in [-0.1, -0.05) is 19.4 Å². The van der Waals surface area contributed by atoms with Gasteiger partial charge in [-0.25, -0.2) is 8.42 Å². The molecular formula is C20H23N3O3S2. The highest BCUT2D eigenvalue weighted by atomic mass is 32.2. The van der Waals surface area contributed by atoms with Crippen molar-refractivity contribution in [3.8, 4) is 6.07 Å². The molecule has 148 valence electrons. The van der Waals surface area contributed by atoms with Gasteiger partial charge in [0.2, 0.25) is 10.0 Å². The molecule has 1 aromatic heterocycles. The van der Waals surface area contributed by atoms with Gasteiger partial charge in [0, 0.05) is 23.0 Å². The first-order chi connectivity index (χ1) is 13.4. The smallest absolute Gasteiger partial charge is 0.256 e. The zero-order chi connectivity index (χ0) is 20.3. The molecule has 28 heavy (non-hydrogen) atoms. The molecule has 6 nitrogen and oxygen atoms in total. The van der Waals surface area contributed by atoms with E-state index in [0.717, 1.165) is 30.6 Å². The number of carbonyl (C=O) groups is 1. The molecule has 0 saturated carbocycles. The normalized spacial score (nSPS) is 17.8. The van der Waals surface area contributed by atoms with Crippen LogP contribution in [-0.2, 0) is 16.4 Å². The predicted octanol–water partition coefficient (Wildman–Crippen LogP) is 4.00. The van der Waals surface area contributed by atoms with E-state index in [1.807, 2.05) is 13.8 Å². The Balaban J connectivity index is 1.86. The van der Waals surface area contributed by atoms with Crippen LogP contribution in [-0.4, -0.2) is 31.2 Å². The van der Waals surface area contributed by atoms with Crippen LogP contribution in [0, 0.1) is 11.3 Å². The summed E-state index contributed by atoms with van der Waals surface area (Å²) < 4.78 is 27.6. The fourth-order valence-electron chi connectivity index (χ4n) is 3.33. The van der Waals surface area contributed by atoms with Gasteiger partial charge in [0.15, 0.2) is 0 Å². The molecule has 0 bridgehead atoms. The Bertz CT molecular complexity index is 1020. The lowest BCUT2D eigenvalue weighted by Crippen LogP contribution is -2.41. The Kier molecular flexibility index (Phi) is 6.18. The first-order valence-corrected chi connectivity index (χ1v) is 11.6. The summed E-state index contributed by atoms with van der Waals surface area (Å²) in [6, 6.07) is 9.88. The van der Waals surface area contributed by atoms with E-state index in [1.54, 1.807) is 18.2 Å². The third kappa shape index (κ3) is 4.12. The minimum absolute atomic E-state index is 0.0481. The van der Waals surface area contributed by atoms with Crippen molar-refractivity contribution in [3.63, 3.8) is 0 Å². The average molecular weight is 418 g/mol. The van der Waals surface area contributed by atoms with E-state index in [1.165, 1.54) is 27.8 Å². The van der Waals surface area contributed by atoms with Crippen LogP contribution >= 0.6 is 11.3 Å². The van der Waals surface area contributed by atoms with Crippen molar-refractivity contribution >= 4 is 32.3 Å². The summed E-state index contributed by atoms with van der Waals surface area (Å²) in [4.78, 5) is 13.8. The molecule has 0 radical (unpaired) electrons. The van der Waals surface area contributed by atoms with Gasteiger partial charge in [0.1, 0.15) is 11.1 Å². The lowest BCUT2D eigenvalue weighted by Gasteiger charge is -2.32. The molecule has 1 aliphatic rings. The van der Waals surface area contributed by atoms with Crippen LogP contribution in [0.4, 0.5) is 5.00 Å². The maximum absolute atomic E-state index is 13.0. The Labute approximate surface area is 169 Å². The molecule has 1 saturated heterocycles. The fourth-order valence-corrected chi connectivity index (χ4v) is 6.02. The highest BCUT2D eigenvalue weighted by Crippen LogP contribution is 2.29. The second kappa shape index (κ2) is 8.43. The van der Waals surface area contributed by atoms with Gasteiger partial charge in [-0.3, -0.25) is 4.79 Å². The number of aryl methyl sites for hydroxylation is 1. The van der Waals surface area contributed by atoms with Gasteiger partial charge >= 0.3 is 0 Å². The number of hydrogen-bond donors (Lipinski definition) is 1.